The van der Waals surface area contributed by atoms with Crippen LogP contribution >= 0.6 is 11.3 Å². The Bertz CT molecular complexity index is 697. The normalized spacial score (nSPS) is 25.2. The van der Waals surface area contributed by atoms with E-state index in [4.69, 9.17) is 10.5 Å². The SMILES string of the molecule is Nc1ccc2sc(C(=O)N3CCOC4CCCC43)cc2c1. The summed E-state index contributed by atoms with van der Waals surface area (Å²) in [5.41, 5.74) is 6.55. The molecule has 2 unspecified atom stereocenters. The van der Waals surface area contributed by atoms with Gasteiger partial charge in [0.1, 0.15) is 0 Å². The maximum Gasteiger partial charge on any atom is 0.264 e. The van der Waals surface area contributed by atoms with E-state index in [0.29, 0.717) is 13.2 Å². The van der Waals surface area contributed by atoms with E-state index >= 15 is 0 Å². The van der Waals surface area contributed by atoms with Crippen molar-refractivity contribution in [1.82, 2.24) is 4.90 Å². The number of benzene rings is 1. The monoisotopic (exact) mass is 302 g/mol. The van der Waals surface area contributed by atoms with Crippen LogP contribution in [0, 0.1) is 0 Å². The van der Waals surface area contributed by atoms with Crippen molar-refractivity contribution in [2.75, 3.05) is 18.9 Å². The molecule has 1 saturated heterocycles. The molecule has 2 fully saturated rings. The van der Waals surface area contributed by atoms with Gasteiger partial charge in [0.25, 0.3) is 5.91 Å². The molecule has 0 spiro atoms. The number of carbonyl (C=O) groups excluding carboxylic acids is 1. The summed E-state index contributed by atoms with van der Waals surface area (Å²) in [6.45, 7) is 1.36. The predicted octanol–water partition coefficient (Wildman–Crippen LogP) is 2.88. The summed E-state index contributed by atoms with van der Waals surface area (Å²) in [5.74, 6) is 0.148. The zero-order valence-electron chi connectivity index (χ0n) is 11.7. The predicted molar refractivity (Wildman–Crippen MR) is 84.7 cm³/mol. The highest BCUT2D eigenvalue weighted by Gasteiger charge is 2.38. The van der Waals surface area contributed by atoms with Crippen molar-refractivity contribution in [2.45, 2.75) is 31.4 Å². The van der Waals surface area contributed by atoms with Crippen molar-refractivity contribution in [1.29, 1.82) is 0 Å². The highest BCUT2D eigenvalue weighted by atomic mass is 32.1. The Labute approximate surface area is 127 Å². The number of nitrogens with zero attached hydrogens (tertiary/aromatic N) is 1. The minimum absolute atomic E-state index is 0.148. The fourth-order valence-corrected chi connectivity index (χ4v) is 4.49. The molecule has 2 atom stereocenters. The van der Waals surface area contributed by atoms with Crippen LogP contribution in [0.5, 0.6) is 0 Å². The molecule has 21 heavy (non-hydrogen) atoms. The van der Waals surface area contributed by atoms with Gasteiger partial charge >= 0.3 is 0 Å². The van der Waals surface area contributed by atoms with Gasteiger partial charge in [0, 0.05) is 16.9 Å². The van der Waals surface area contributed by atoms with E-state index in [1.807, 2.05) is 29.2 Å². The first-order valence-electron chi connectivity index (χ1n) is 7.44. The number of morpholine rings is 1. The van der Waals surface area contributed by atoms with Crippen LogP contribution in [0.3, 0.4) is 0 Å². The van der Waals surface area contributed by atoms with Gasteiger partial charge in [0.05, 0.1) is 23.6 Å². The summed E-state index contributed by atoms with van der Waals surface area (Å²) in [7, 11) is 0. The molecule has 0 bridgehead atoms. The van der Waals surface area contributed by atoms with E-state index in [2.05, 4.69) is 0 Å². The minimum Gasteiger partial charge on any atom is -0.399 e. The van der Waals surface area contributed by atoms with Crippen LogP contribution in [0.2, 0.25) is 0 Å². The first-order chi connectivity index (χ1) is 10.2. The lowest BCUT2D eigenvalue weighted by molar-refractivity contribution is -0.0443. The van der Waals surface area contributed by atoms with Gasteiger partial charge in [-0.05, 0) is 48.9 Å². The number of amides is 1. The van der Waals surface area contributed by atoms with Crippen LogP contribution < -0.4 is 5.73 Å². The number of hydrogen-bond donors (Lipinski definition) is 1. The van der Waals surface area contributed by atoms with Crippen molar-refractivity contribution < 1.29 is 9.53 Å². The Hall–Kier alpha value is -1.59. The molecular weight excluding hydrogens is 284 g/mol. The molecule has 2 aliphatic rings. The molecule has 1 saturated carbocycles. The Morgan fingerprint density at radius 1 is 1.33 bits per heavy atom. The number of nitrogen functional groups attached to an aromatic ring is 1. The van der Waals surface area contributed by atoms with Gasteiger partial charge in [0.15, 0.2) is 0 Å². The van der Waals surface area contributed by atoms with E-state index in [0.717, 1.165) is 39.9 Å². The van der Waals surface area contributed by atoms with Crippen LogP contribution in [0.1, 0.15) is 28.9 Å². The average molecular weight is 302 g/mol. The van der Waals surface area contributed by atoms with E-state index in [-0.39, 0.29) is 18.1 Å². The number of fused-ring (bicyclic) bond motifs is 2. The number of nitrogens with two attached hydrogens (primary N) is 1. The summed E-state index contributed by atoms with van der Waals surface area (Å²) in [6, 6.07) is 8.04. The van der Waals surface area contributed by atoms with Crippen LogP contribution in [-0.2, 0) is 4.74 Å². The summed E-state index contributed by atoms with van der Waals surface area (Å²) >= 11 is 1.55. The second-order valence-corrected chi connectivity index (χ2v) is 6.90. The maximum absolute atomic E-state index is 12.8. The standard InChI is InChI=1S/C16H18N2O2S/c17-11-4-5-14-10(8-11)9-15(21-14)16(19)18-6-7-20-13-3-1-2-12(13)18/h4-5,8-9,12-13H,1-3,6-7,17H2. The van der Waals surface area contributed by atoms with Crippen molar-refractivity contribution in [3.63, 3.8) is 0 Å². The molecule has 2 heterocycles. The molecule has 110 valence electrons. The molecule has 4 rings (SSSR count). The van der Waals surface area contributed by atoms with Crippen molar-refractivity contribution >= 4 is 33.0 Å². The number of thiophene rings is 1. The highest BCUT2D eigenvalue weighted by molar-refractivity contribution is 7.20. The highest BCUT2D eigenvalue weighted by Crippen LogP contribution is 2.33. The van der Waals surface area contributed by atoms with Crippen LogP contribution in [0.15, 0.2) is 24.3 Å². The second kappa shape index (κ2) is 5.00. The number of hydrogen-bond acceptors (Lipinski definition) is 4. The molecule has 0 radical (unpaired) electrons. The molecule has 2 N–H and O–H groups in total. The fourth-order valence-electron chi connectivity index (χ4n) is 3.49. The molecule has 4 nitrogen and oxygen atoms in total. The minimum atomic E-state index is 0.148. The quantitative estimate of drug-likeness (QED) is 0.824. The largest absolute Gasteiger partial charge is 0.399 e. The van der Waals surface area contributed by atoms with Crippen molar-refractivity contribution in [2.24, 2.45) is 0 Å². The topological polar surface area (TPSA) is 55.6 Å². The zero-order valence-corrected chi connectivity index (χ0v) is 12.6. The lowest BCUT2D eigenvalue weighted by Crippen LogP contribution is -2.51. The van der Waals surface area contributed by atoms with Crippen LogP contribution in [-0.4, -0.2) is 36.1 Å². The number of carbonyl (C=O) groups is 1. The molecular formula is C16H18N2O2S. The molecule has 2 aromatic rings. The first kappa shape index (κ1) is 13.1. The van der Waals surface area contributed by atoms with Crippen molar-refractivity contribution in [3.05, 3.63) is 29.1 Å². The Morgan fingerprint density at radius 3 is 3.14 bits per heavy atom. The van der Waals surface area contributed by atoms with Gasteiger partial charge in [-0.1, -0.05) is 0 Å². The maximum atomic E-state index is 12.8. The van der Waals surface area contributed by atoms with Crippen LogP contribution in [0.4, 0.5) is 5.69 Å². The van der Waals surface area contributed by atoms with E-state index in [1.165, 1.54) is 0 Å². The lowest BCUT2D eigenvalue weighted by Gasteiger charge is -2.37. The Kier molecular flexibility index (Phi) is 3.12. The third-order valence-electron chi connectivity index (χ3n) is 4.49. The van der Waals surface area contributed by atoms with E-state index < -0.39 is 0 Å². The summed E-state index contributed by atoms with van der Waals surface area (Å²) < 4.78 is 6.90. The third kappa shape index (κ3) is 2.21. The Morgan fingerprint density at radius 2 is 2.24 bits per heavy atom. The zero-order chi connectivity index (χ0) is 14.4. The Balaban J connectivity index is 1.66. The van der Waals surface area contributed by atoms with Gasteiger partial charge in [-0.25, -0.2) is 0 Å². The molecule has 1 aromatic heterocycles. The van der Waals surface area contributed by atoms with Gasteiger partial charge in [-0.15, -0.1) is 11.3 Å². The van der Waals surface area contributed by atoms with Gasteiger partial charge < -0.3 is 15.4 Å². The summed E-state index contributed by atoms with van der Waals surface area (Å²) in [5, 5.41) is 1.06. The van der Waals surface area contributed by atoms with Gasteiger partial charge in [-0.2, -0.15) is 0 Å². The molecule has 1 aliphatic carbocycles. The first-order valence-corrected chi connectivity index (χ1v) is 8.26. The lowest BCUT2D eigenvalue weighted by atomic mass is 10.1. The van der Waals surface area contributed by atoms with Crippen molar-refractivity contribution in [3.8, 4) is 0 Å². The summed E-state index contributed by atoms with van der Waals surface area (Å²) in [4.78, 5) is 15.7. The molecule has 1 aromatic carbocycles. The smallest absolute Gasteiger partial charge is 0.264 e. The van der Waals surface area contributed by atoms with Gasteiger partial charge in [-0.3, -0.25) is 4.79 Å². The average Bonchev–Trinajstić information content (AvgIpc) is 3.11. The van der Waals surface area contributed by atoms with E-state index in [9.17, 15) is 4.79 Å². The summed E-state index contributed by atoms with van der Waals surface area (Å²) in [6.07, 6.45) is 3.54. The fraction of sp³-hybridized carbons (Fsp3) is 0.438. The number of anilines is 1. The number of rotatable bonds is 1. The number of ether oxygens (including phenoxy) is 1. The molecule has 1 aliphatic heterocycles. The second-order valence-electron chi connectivity index (χ2n) is 5.81. The van der Waals surface area contributed by atoms with E-state index in [1.54, 1.807) is 11.3 Å². The molecule has 1 amide bonds. The third-order valence-corrected chi connectivity index (χ3v) is 5.60. The van der Waals surface area contributed by atoms with Gasteiger partial charge in [0.2, 0.25) is 0 Å². The molecule has 5 heteroatoms. The van der Waals surface area contributed by atoms with Crippen LogP contribution in [0.25, 0.3) is 10.1 Å².